The van der Waals surface area contributed by atoms with Gasteiger partial charge in [-0.1, -0.05) is 34.6 Å². The lowest BCUT2D eigenvalue weighted by molar-refractivity contribution is -0.256. The fourth-order valence-electron chi connectivity index (χ4n) is 14.2. The Morgan fingerprint density at radius 2 is 1.68 bits per heavy atom. The summed E-state index contributed by atoms with van der Waals surface area (Å²) in [5, 5.41) is 12.2. The molecule has 3 saturated heterocycles. The number of hydrogen-bond donors (Lipinski definition) is 1. The normalized spacial score (nSPS) is 47.2. The summed E-state index contributed by atoms with van der Waals surface area (Å²) < 4.78 is 35.8. The molecule has 0 aromatic rings. The van der Waals surface area contributed by atoms with E-state index in [4.69, 9.17) is 28.4 Å². The molecule has 12 atom stereocenters. The number of nitrogens with zero attached hydrogens (tertiary/aromatic N) is 1. The predicted octanol–water partition coefficient (Wildman–Crippen LogP) is 5.85. The number of carbonyl (C=O) groups is 1. The van der Waals surface area contributed by atoms with Gasteiger partial charge >= 0.3 is 5.97 Å². The molecule has 0 amide bonds. The third kappa shape index (κ3) is 5.43. The van der Waals surface area contributed by atoms with Crippen molar-refractivity contribution in [3.05, 3.63) is 0 Å². The Kier molecular flexibility index (Phi) is 9.55. The maximum Gasteiger partial charge on any atom is 0.309 e. The largest absolute Gasteiger partial charge is 0.463 e. The molecule has 0 aromatic heterocycles. The van der Waals surface area contributed by atoms with E-state index in [2.05, 4.69) is 39.5 Å². The topological polar surface area (TPSA) is 95.9 Å². The Labute approximate surface area is 301 Å². The number of carbonyl (C=O) groups excluding carboxylic acids is 1. The lowest BCUT2D eigenvalue weighted by Crippen LogP contribution is -2.60. The molecule has 8 rings (SSSR count). The van der Waals surface area contributed by atoms with Crippen LogP contribution in [0.4, 0.5) is 0 Å². The summed E-state index contributed by atoms with van der Waals surface area (Å²) in [7, 11) is 1.74. The molecule has 2 spiro atoms. The number of aliphatic hydroxyl groups is 1. The molecule has 1 N–H and O–H groups in total. The number of aliphatic hydroxyl groups excluding tert-OH is 1. The Balaban J connectivity index is 0.932. The minimum atomic E-state index is -0.288. The van der Waals surface area contributed by atoms with Crippen LogP contribution in [0.25, 0.3) is 0 Å². The van der Waals surface area contributed by atoms with Crippen molar-refractivity contribution in [3.8, 4) is 0 Å². The maximum atomic E-state index is 12.8. The fourth-order valence-corrected chi connectivity index (χ4v) is 14.2. The summed E-state index contributed by atoms with van der Waals surface area (Å²) >= 11 is 0. The second kappa shape index (κ2) is 13.2. The maximum absolute atomic E-state index is 12.8. The number of ether oxygens (including phenoxy) is 6. The number of fused-ring (bicyclic) bond motifs is 2. The minimum Gasteiger partial charge on any atom is -0.463 e. The number of hydrogen-bond acceptors (Lipinski definition) is 9. The van der Waals surface area contributed by atoms with E-state index in [1.807, 2.05) is 0 Å². The molecule has 3 aliphatic heterocycles. The molecule has 3 heterocycles. The average Bonchev–Trinajstić information content (AvgIpc) is 3.70. The minimum absolute atomic E-state index is 0.0591. The van der Waals surface area contributed by atoms with Crippen LogP contribution < -0.4 is 0 Å². The van der Waals surface area contributed by atoms with Crippen LogP contribution in [0.1, 0.15) is 105 Å². The molecule has 8 fully saturated rings. The molecule has 5 saturated carbocycles. The average molecular weight is 702 g/mol. The summed E-state index contributed by atoms with van der Waals surface area (Å²) in [6, 6.07) is 0.523. The Morgan fingerprint density at radius 1 is 0.940 bits per heavy atom. The van der Waals surface area contributed by atoms with E-state index in [1.165, 1.54) is 38.5 Å². The first kappa shape index (κ1) is 36.2. The van der Waals surface area contributed by atoms with E-state index in [-0.39, 0.29) is 52.7 Å². The van der Waals surface area contributed by atoms with Crippen molar-refractivity contribution in [2.45, 2.75) is 136 Å². The molecule has 284 valence electrons. The lowest BCUT2D eigenvalue weighted by Gasteiger charge is -2.64. The Bertz CT molecular complexity index is 1250. The number of esters is 1. The van der Waals surface area contributed by atoms with E-state index in [0.29, 0.717) is 60.4 Å². The first-order valence-electron chi connectivity index (χ1n) is 20.4. The Hall–Kier alpha value is -0.810. The van der Waals surface area contributed by atoms with Crippen LogP contribution in [-0.4, -0.2) is 106 Å². The van der Waals surface area contributed by atoms with Gasteiger partial charge in [0.1, 0.15) is 6.61 Å². The lowest BCUT2D eigenvalue weighted by atomic mass is 9.41. The van der Waals surface area contributed by atoms with Gasteiger partial charge in [0.25, 0.3) is 0 Å². The molecular formula is C41H67NO8. The van der Waals surface area contributed by atoms with Gasteiger partial charge in [0, 0.05) is 32.3 Å². The zero-order valence-corrected chi connectivity index (χ0v) is 32.0. The summed E-state index contributed by atoms with van der Waals surface area (Å²) in [4.78, 5) is 15.3. The zero-order valence-electron chi connectivity index (χ0n) is 32.0. The van der Waals surface area contributed by atoms with Gasteiger partial charge in [-0.15, -0.1) is 0 Å². The molecule has 0 aromatic carbocycles. The van der Waals surface area contributed by atoms with Gasteiger partial charge in [0.05, 0.1) is 56.6 Å². The van der Waals surface area contributed by atoms with Crippen LogP contribution in [0.3, 0.4) is 0 Å². The second-order valence-corrected chi connectivity index (χ2v) is 19.3. The van der Waals surface area contributed by atoms with Crippen molar-refractivity contribution in [1.29, 1.82) is 0 Å². The second-order valence-electron chi connectivity index (χ2n) is 19.3. The first-order valence-corrected chi connectivity index (χ1v) is 20.4. The van der Waals surface area contributed by atoms with Gasteiger partial charge in [-0.3, -0.25) is 9.69 Å². The molecule has 9 heteroatoms. The van der Waals surface area contributed by atoms with Gasteiger partial charge in [-0.25, -0.2) is 0 Å². The third-order valence-corrected chi connectivity index (χ3v) is 17.3. The van der Waals surface area contributed by atoms with Crippen LogP contribution in [0.2, 0.25) is 0 Å². The molecular weight excluding hydrogens is 634 g/mol. The predicted molar refractivity (Wildman–Crippen MR) is 188 cm³/mol. The summed E-state index contributed by atoms with van der Waals surface area (Å²) in [5.41, 5.74) is 0.792. The van der Waals surface area contributed by atoms with E-state index >= 15 is 0 Å². The van der Waals surface area contributed by atoms with Crippen molar-refractivity contribution in [1.82, 2.24) is 4.90 Å². The van der Waals surface area contributed by atoms with Crippen molar-refractivity contribution in [3.63, 3.8) is 0 Å². The van der Waals surface area contributed by atoms with Gasteiger partial charge in [-0.2, -0.15) is 0 Å². The molecule has 7 unspecified atom stereocenters. The zero-order chi connectivity index (χ0) is 35.1. The number of rotatable bonds is 10. The molecule has 9 nitrogen and oxygen atoms in total. The Morgan fingerprint density at radius 3 is 2.40 bits per heavy atom. The highest BCUT2D eigenvalue weighted by Crippen LogP contribution is 2.89. The van der Waals surface area contributed by atoms with Gasteiger partial charge in [0.2, 0.25) is 0 Å². The quantitative estimate of drug-likeness (QED) is 0.282. The van der Waals surface area contributed by atoms with Crippen molar-refractivity contribution < 1.29 is 38.3 Å². The monoisotopic (exact) mass is 701 g/mol. The van der Waals surface area contributed by atoms with E-state index in [1.54, 1.807) is 7.11 Å². The molecule has 50 heavy (non-hydrogen) atoms. The smallest absolute Gasteiger partial charge is 0.309 e. The van der Waals surface area contributed by atoms with Crippen molar-refractivity contribution in [2.75, 3.05) is 59.8 Å². The fraction of sp³-hybridized carbons (Fsp3) is 0.976. The highest BCUT2D eigenvalue weighted by atomic mass is 16.7. The van der Waals surface area contributed by atoms with E-state index < -0.39 is 0 Å². The van der Waals surface area contributed by atoms with Crippen LogP contribution in [0.15, 0.2) is 0 Å². The molecule has 5 aliphatic carbocycles. The van der Waals surface area contributed by atoms with Gasteiger partial charge < -0.3 is 33.5 Å². The summed E-state index contributed by atoms with van der Waals surface area (Å²) in [5.74, 6) is 1.82. The number of morpholine rings is 1. The molecule has 0 bridgehead atoms. The highest BCUT2D eigenvalue weighted by Gasteiger charge is 2.83. The van der Waals surface area contributed by atoms with Crippen LogP contribution in [0, 0.1) is 56.7 Å². The van der Waals surface area contributed by atoms with Crippen LogP contribution in [0.5, 0.6) is 0 Å². The van der Waals surface area contributed by atoms with Crippen molar-refractivity contribution in [2.24, 2.45) is 56.7 Å². The number of methoxy groups -OCH3 is 1. The van der Waals surface area contributed by atoms with Crippen LogP contribution in [-0.2, 0) is 33.2 Å². The summed E-state index contributed by atoms with van der Waals surface area (Å²) in [6.45, 7) is 18.2. The highest BCUT2D eigenvalue weighted by molar-refractivity contribution is 5.72. The van der Waals surface area contributed by atoms with Gasteiger partial charge in [0.15, 0.2) is 6.29 Å². The third-order valence-electron chi connectivity index (χ3n) is 17.3. The van der Waals surface area contributed by atoms with E-state index in [0.717, 1.165) is 65.0 Å². The first-order chi connectivity index (χ1) is 23.9. The standard InChI is InChI=1S/C41H67NO8/c1-26(19-29(45-6)24-49-36(44)27-10-16-46-17-11-27)30-20-33(43)39(5)32-8-7-31-37(2,3)34(50-35-21-42(15-18-48-35)28-22-47-23-28)9-12-40(31)25-41(32,40)14-13-38(30,39)4/h26-35,43H,7-25H2,1-6H3/t26-,29?,30-,31+,32?,33+,34?,35?,38?,39-,40?,41?/m1/s1. The summed E-state index contributed by atoms with van der Waals surface area (Å²) in [6.07, 6.45) is 11.5. The molecule has 8 aliphatic rings. The van der Waals surface area contributed by atoms with E-state index in [9.17, 15) is 9.90 Å². The SMILES string of the molecule is COC(COC(=O)C1CCOCC1)C[C@@H](C)[C@H]1C[C@H](O)[C@@]2(C)C3CC[C@H]4C(C)(C)C(OC5CN(C6COC6)CCO5)CCC45CC35CCC12C. The van der Waals surface area contributed by atoms with Crippen LogP contribution >= 0.6 is 0 Å². The van der Waals surface area contributed by atoms with Gasteiger partial charge in [-0.05, 0) is 116 Å². The molecule has 0 radical (unpaired) electrons. The van der Waals surface area contributed by atoms with Crippen molar-refractivity contribution >= 4 is 5.97 Å².